The van der Waals surface area contributed by atoms with Crippen LogP contribution < -0.4 is 5.32 Å². The fraction of sp³-hybridized carbons (Fsp3) is 0.188. The molecular formula is C16H16ClN3O3. The summed E-state index contributed by atoms with van der Waals surface area (Å²) in [6, 6.07) is 13.2. The minimum absolute atomic E-state index is 0.00373. The van der Waals surface area contributed by atoms with Gasteiger partial charge in [0.25, 0.3) is 5.69 Å². The van der Waals surface area contributed by atoms with Crippen molar-refractivity contribution in [1.82, 2.24) is 10.2 Å². The van der Waals surface area contributed by atoms with Gasteiger partial charge in [-0.15, -0.1) is 0 Å². The molecule has 1 N–H and O–H groups in total. The van der Waals surface area contributed by atoms with Crippen LogP contribution in [-0.2, 0) is 13.1 Å². The number of amides is 2. The first kappa shape index (κ1) is 16.8. The van der Waals surface area contributed by atoms with Crippen LogP contribution in [0.2, 0.25) is 5.02 Å². The average Bonchev–Trinajstić information content (AvgIpc) is 2.52. The molecule has 23 heavy (non-hydrogen) atoms. The maximum absolute atomic E-state index is 12.1. The molecule has 0 fully saturated rings. The van der Waals surface area contributed by atoms with Gasteiger partial charge >= 0.3 is 6.03 Å². The van der Waals surface area contributed by atoms with Crippen molar-refractivity contribution in [3.8, 4) is 0 Å². The summed E-state index contributed by atoms with van der Waals surface area (Å²) in [5.74, 6) is 0. The number of nitro groups is 1. The molecule has 0 saturated carbocycles. The third-order valence-electron chi connectivity index (χ3n) is 3.22. The highest BCUT2D eigenvalue weighted by molar-refractivity contribution is 6.30. The van der Waals surface area contributed by atoms with Crippen LogP contribution in [0.25, 0.3) is 0 Å². The number of hydrogen-bond acceptors (Lipinski definition) is 3. The zero-order chi connectivity index (χ0) is 16.8. The van der Waals surface area contributed by atoms with E-state index in [0.717, 1.165) is 5.56 Å². The molecule has 0 spiro atoms. The molecule has 7 heteroatoms. The van der Waals surface area contributed by atoms with E-state index in [1.165, 1.54) is 17.0 Å². The number of hydrogen-bond donors (Lipinski definition) is 1. The highest BCUT2D eigenvalue weighted by atomic mass is 35.5. The number of benzene rings is 2. The molecule has 6 nitrogen and oxygen atoms in total. The van der Waals surface area contributed by atoms with E-state index in [1.807, 2.05) is 12.1 Å². The Labute approximate surface area is 138 Å². The van der Waals surface area contributed by atoms with Gasteiger partial charge in [-0.05, 0) is 23.3 Å². The molecule has 0 saturated heterocycles. The van der Waals surface area contributed by atoms with Gasteiger partial charge < -0.3 is 10.2 Å². The van der Waals surface area contributed by atoms with Gasteiger partial charge in [0.15, 0.2) is 0 Å². The number of carbonyl (C=O) groups is 1. The fourth-order valence-electron chi connectivity index (χ4n) is 2.07. The minimum atomic E-state index is -0.462. The second kappa shape index (κ2) is 7.60. The molecule has 0 aromatic heterocycles. The van der Waals surface area contributed by atoms with E-state index < -0.39 is 4.92 Å². The van der Waals surface area contributed by atoms with Gasteiger partial charge in [-0.1, -0.05) is 35.9 Å². The topological polar surface area (TPSA) is 75.5 Å². The Balaban J connectivity index is 1.91. The lowest BCUT2D eigenvalue weighted by molar-refractivity contribution is -0.384. The second-order valence-electron chi connectivity index (χ2n) is 5.07. The van der Waals surface area contributed by atoms with Gasteiger partial charge in [0, 0.05) is 37.3 Å². The number of nitrogens with one attached hydrogen (secondary N) is 1. The molecule has 0 radical (unpaired) electrons. The van der Waals surface area contributed by atoms with E-state index >= 15 is 0 Å². The number of nitro benzene ring substituents is 1. The third-order valence-corrected chi connectivity index (χ3v) is 3.46. The molecule has 0 bridgehead atoms. The second-order valence-corrected chi connectivity index (χ2v) is 5.51. The van der Waals surface area contributed by atoms with Gasteiger partial charge in [0.1, 0.15) is 0 Å². The highest BCUT2D eigenvalue weighted by Crippen LogP contribution is 2.14. The predicted octanol–water partition coefficient (Wildman–Crippen LogP) is 3.59. The van der Waals surface area contributed by atoms with Crippen molar-refractivity contribution in [2.45, 2.75) is 13.1 Å². The van der Waals surface area contributed by atoms with Crippen molar-refractivity contribution in [3.63, 3.8) is 0 Å². The Hall–Kier alpha value is -2.60. The summed E-state index contributed by atoms with van der Waals surface area (Å²) in [4.78, 5) is 23.9. The van der Waals surface area contributed by atoms with Crippen LogP contribution in [0.4, 0.5) is 10.5 Å². The van der Waals surface area contributed by atoms with Gasteiger partial charge in [0.2, 0.25) is 0 Å². The number of carbonyl (C=O) groups excluding carboxylic acids is 1. The first-order valence-electron chi connectivity index (χ1n) is 6.92. The minimum Gasteiger partial charge on any atom is -0.334 e. The van der Waals surface area contributed by atoms with Crippen LogP contribution in [0.15, 0.2) is 48.5 Å². The van der Waals surface area contributed by atoms with Crippen molar-refractivity contribution in [3.05, 3.63) is 74.8 Å². The van der Waals surface area contributed by atoms with Crippen LogP contribution in [0, 0.1) is 10.1 Å². The number of urea groups is 1. The van der Waals surface area contributed by atoms with E-state index in [2.05, 4.69) is 5.32 Å². The molecule has 2 rings (SSSR count). The van der Waals surface area contributed by atoms with E-state index in [4.69, 9.17) is 11.6 Å². The lowest BCUT2D eigenvalue weighted by Gasteiger charge is -2.18. The zero-order valence-electron chi connectivity index (χ0n) is 12.5. The van der Waals surface area contributed by atoms with Crippen molar-refractivity contribution >= 4 is 23.3 Å². The standard InChI is InChI=1S/C16H16ClN3O3/c1-19(11-13-5-2-6-14(17)8-13)16(21)18-10-12-4-3-7-15(9-12)20(22)23/h2-9H,10-11H2,1H3,(H,18,21). The summed E-state index contributed by atoms with van der Waals surface area (Å²) < 4.78 is 0. The van der Waals surface area contributed by atoms with E-state index in [9.17, 15) is 14.9 Å². The molecule has 2 aromatic carbocycles. The van der Waals surface area contributed by atoms with E-state index in [1.54, 1.807) is 31.3 Å². The lowest BCUT2D eigenvalue weighted by Crippen LogP contribution is -2.36. The van der Waals surface area contributed by atoms with Gasteiger partial charge in [0.05, 0.1) is 4.92 Å². The van der Waals surface area contributed by atoms with Crippen molar-refractivity contribution in [2.24, 2.45) is 0 Å². The molecule has 2 amide bonds. The van der Waals surface area contributed by atoms with Gasteiger partial charge in [-0.3, -0.25) is 10.1 Å². The van der Waals surface area contributed by atoms with Gasteiger partial charge in [-0.2, -0.15) is 0 Å². The molecule has 0 aliphatic rings. The van der Waals surface area contributed by atoms with Crippen LogP contribution in [-0.4, -0.2) is 22.9 Å². The van der Waals surface area contributed by atoms with Crippen molar-refractivity contribution in [2.75, 3.05) is 7.05 Å². The highest BCUT2D eigenvalue weighted by Gasteiger charge is 2.10. The first-order valence-corrected chi connectivity index (χ1v) is 7.30. The van der Waals surface area contributed by atoms with Crippen LogP contribution in [0.5, 0.6) is 0 Å². The number of rotatable bonds is 5. The molecule has 0 unspecified atom stereocenters. The molecule has 0 atom stereocenters. The number of halogens is 1. The summed E-state index contributed by atoms with van der Waals surface area (Å²) in [6.45, 7) is 0.641. The van der Waals surface area contributed by atoms with Crippen LogP contribution in [0.1, 0.15) is 11.1 Å². The largest absolute Gasteiger partial charge is 0.334 e. The maximum atomic E-state index is 12.1. The summed E-state index contributed by atoms with van der Waals surface area (Å²) in [6.07, 6.45) is 0. The Morgan fingerprint density at radius 3 is 2.61 bits per heavy atom. The molecular weight excluding hydrogens is 318 g/mol. The zero-order valence-corrected chi connectivity index (χ0v) is 13.3. The summed E-state index contributed by atoms with van der Waals surface area (Å²) in [5.41, 5.74) is 1.60. The summed E-state index contributed by atoms with van der Waals surface area (Å²) >= 11 is 5.92. The average molecular weight is 334 g/mol. The molecule has 120 valence electrons. The maximum Gasteiger partial charge on any atom is 0.317 e. The van der Waals surface area contributed by atoms with Crippen molar-refractivity contribution in [1.29, 1.82) is 0 Å². The Morgan fingerprint density at radius 2 is 1.91 bits per heavy atom. The first-order chi connectivity index (χ1) is 11.0. The summed E-state index contributed by atoms with van der Waals surface area (Å²) in [7, 11) is 1.67. The monoisotopic (exact) mass is 333 g/mol. The van der Waals surface area contributed by atoms with E-state index in [-0.39, 0.29) is 18.3 Å². The molecule has 0 heterocycles. The normalized spacial score (nSPS) is 10.2. The quantitative estimate of drug-likeness (QED) is 0.671. The Kier molecular flexibility index (Phi) is 5.54. The fourth-order valence-corrected chi connectivity index (χ4v) is 2.29. The number of nitrogens with zero attached hydrogens (tertiary/aromatic N) is 2. The predicted molar refractivity (Wildman–Crippen MR) is 88.3 cm³/mol. The van der Waals surface area contributed by atoms with Crippen LogP contribution >= 0.6 is 11.6 Å². The molecule has 0 aliphatic heterocycles. The Morgan fingerprint density at radius 1 is 1.22 bits per heavy atom. The summed E-state index contributed by atoms with van der Waals surface area (Å²) in [5, 5.41) is 14.1. The molecule has 0 aliphatic carbocycles. The Bertz CT molecular complexity index is 721. The smallest absolute Gasteiger partial charge is 0.317 e. The van der Waals surface area contributed by atoms with Crippen LogP contribution in [0.3, 0.4) is 0 Å². The lowest BCUT2D eigenvalue weighted by atomic mass is 10.2. The SMILES string of the molecule is CN(Cc1cccc(Cl)c1)C(=O)NCc1cccc([N+](=O)[O-])c1. The molecule has 2 aromatic rings. The number of non-ortho nitro benzene ring substituents is 1. The van der Waals surface area contributed by atoms with Gasteiger partial charge in [-0.25, -0.2) is 4.79 Å². The van der Waals surface area contributed by atoms with Crippen molar-refractivity contribution < 1.29 is 9.72 Å². The van der Waals surface area contributed by atoms with E-state index in [0.29, 0.717) is 17.1 Å². The third kappa shape index (κ3) is 4.96.